The van der Waals surface area contributed by atoms with Crippen molar-refractivity contribution in [3.63, 3.8) is 0 Å². The van der Waals surface area contributed by atoms with Gasteiger partial charge in [-0.3, -0.25) is 0 Å². The predicted molar refractivity (Wildman–Crippen MR) is 64.2 cm³/mol. The Morgan fingerprint density at radius 1 is 0.750 bits per heavy atom. The Hall–Kier alpha value is 0.830. The Bertz CT molecular complexity index is 47.6. The molecule has 1 nitrogen and oxygen atoms in total. The summed E-state index contributed by atoms with van der Waals surface area (Å²) < 4.78 is 0. The number of unbranched alkanes of at least 4 members (excludes halogenated alkanes) is 5. The van der Waals surface area contributed by atoms with Gasteiger partial charge in [0.25, 0.3) is 0 Å². The minimum absolute atomic E-state index is 0. The van der Waals surface area contributed by atoms with Gasteiger partial charge in [0.05, 0.1) is 0 Å². The van der Waals surface area contributed by atoms with Crippen molar-refractivity contribution in [2.24, 2.45) is 5.73 Å². The van der Waals surface area contributed by atoms with Gasteiger partial charge in [-0.15, -0.1) is 37.2 Å². The van der Waals surface area contributed by atoms with Gasteiger partial charge in [-0.25, -0.2) is 0 Å². The lowest BCUT2D eigenvalue weighted by molar-refractivity contribution is 0.612. The van der Waals surface area contributed by atoms with Crippen molar-refractivity contribution in [1.29, 1.82) is 0 Å². The highest BCUT2D eigenvalue weighted by atomic mass is 35.5. The molecular weight excluding hydrogens is 216 g/mol. The monoisotopic (exact) mass is 237 g/mol. The molecule has 0 aromatic rings. The molecule has 0 aromatic carbocycles. The first-order chi connectivity index (χ1) is 4.41. The maximum atomic E-state index is 5.34. The first kappa shape index (κ1) is 23.0. The average molecular weight is 239 g/mol. The second-order valence-corrected chi connectivity index (χ2v) is 2.56. The van der Waals surface area contributed by atoms with Crippen LogP contribution >= 0.6 is 37.2 Å². The summed E-state index contributed by atoms with van der Waals surface area (Å²) in [7, 11) is 0. The quantitative estimate of drug-likeness (QED) is 0.704. The van der Waals surface area contributed by atoms with E-state index < -0.39 is 0 Å². The van der Waals surface area contributed by atoms with Crippen molar-refractivity contribution < 1.29 is 0 Å². The highest BCUT2D eigenvalue weighted by Crippen LogP contribution is 2.03. The summed E-state index contributed by atoms with van der Waals surface area (Å²) in [5.41, 5.74) is 5.34. The van der Waals surface area contributed by atoms with Crippen molar-refractivity contribution in [3.05, 3.63) is 0 Å². The first-order valence-corrected chi connectivity index (χ1v) is 4.12. The Labute approximate surface area is 95.1 Å². The number of nitrogens with two attached hydrogens (primary N) is 1. The zero-order chi connectivity index (χ0) is 6.95. The van der Waals surface area contributed by atoms with E-state index in [1.54, 1.807) is 0 Å². The van der Waals surface area contributed by atoms with Crippen molar-refractivity contribution >= 4 is 37.2 Å². The molecule has 0 amide bonds. The van der Waals surface area contributed by atoms with E-state index in [-0.39, 0.29) is 37.2 Å². The van der Waals surface area contributed by atoms with Gasteiger partial charge in [0.15, 0.2) is 0 Å². The van der Waals surface area contributed by atoms with Gasteiger partial charge in [0, 0.05) is 0 Å². The Kier molecular flexibility index (Phi) is 43.4. The van der Waals surface area contributed by atoms with Gasteiger partial charge in [-0.2, -0.15) is 0 Å². The molecule has 0 unspecified atom stereocenters. The van der Waals surface area contributed by atoms with E-state index in [1.807, 2.05) is 0 Å². The highest BCUT2D eigenvalue weighted by Gasteiger charge is 1.85. The van der Waals surface area contributed by atoms with Crippen molar-refractivity contribution in [3.8, 4) is 0 Å². The van der Waals surface area contributed by atoms with Crippen molar-refractivity contribution in [2.45, 2.75) is 45.4 Å². The predicted octanol–water partition coefficient (Wildman–Crippen LogP) is 3.57. The Morgan fingerprint density at radius 2 is 1.17 bits per heavy atom. The molecule has 0 rings (SSSR count). The molecule has 0 spiro atoms. The van der Waals surface area contributed by atoms with E-state index in [1.165, 1.54) is 38.5 Å². The summed E-state index contributed by atoms with van der Waals surface area (Å²) in [6.45, 7) is 3.11. The van der Waals surface area contributed by atoms with Crippen LogP contribution in [0.15, 0.2) is 0 Å². The number of hydrogen-bond acceptors (Lipinski definition) is 1. The molecule has 2 N–H and O–H groups in total. The highest BCUT2D eigenvalue weighted by molar-refractivity contribution is 5.86. The van der Waals surface area contributed by atoms with Gasteiger partial charge < -0.3 is 5.73 Å². The van der Waals surface area contributed by atoms with Crippen LogP contribution < -0.4 is 5.73 Å². The van der Waals surface area contributed by atoms with Gasteiger partial charge in [0.2, 0.25) is 0 Å². The summed E-state index contributed by atoms with van der Waals surface area (Å²) >= 11 is 0. The maximum Gasteiger partial charge on any atom is -0.00773 e. The standard InChI is InChI=1S/C8H19N.3ClH/c1-2-3-4-5-6-7-8-9;;;/h2-9H2,1H3;3*1H. The molecule has 0 aliphatic rings. The molecule has 0 fully saturated rings. The summed E-state index contributed by atoms with van der Waals surface area (Å²) in [5.74, 6) is 0. The molecule has 0 atom stereocenters. The fourth-order valence-corrected chi connectivity index (χ4v) is 0.925. The third-order valence-electron chi connectivity index (χ3n) is 1.56. The Morgan fingerprint density at radius 3 is 1.58 bits per heavy atom. The molecule has 80 valence electrons. The Balaban J connectivity index is -0.000000107. The van der Waals surface area contributed by atoms with Crippen LogP contribution in [0.5, 0.6) is 0 Å². The average Bonchev–Trinajstić information content (AvgIpc) is 1.89. The van der Waals surface area contributed by atoms with Gasteiger partial charge in [-0.05, 0) is 13.0 Å². The van der Waals surface area contributed by atoms with Crippen LogP contribution in [0.1, 0.15) is 45.4 Å². The van der Waals surface area contributed by atoms with Crippen LogP contribution in [0.4, 0.5) is 0 Å². The van der Waals surface area contributed by atoms with Crippen molar-refractivity contribution in [1.82, 2.24) is 0 Å². The molecular formula is C8H22Cl3N. The number of hydrogen-bond donors (Lipinski definition) is 1. The van der Waals surface area contributed by atoms with E-state index >= 15 is 0 Å². The SMILES string of the molecule is CCCCCCCCN.Cl.Cl.Cl. The lowest BCUT2D eigenvalue weighted by Gasteiger charge is -1.96. The molecule has 0 heterocycles. The van der Waals surface area contributed by atoms with E-state index in [0.29, 0.717) is 0 Å². The van der Waals surface area contributed by atoms with E-state index in [4.69, 9.17) is 5.73 Å². The van der Waals surface area contributed by atoms with E-state index in [0.717, 1.165) is 6.54 Å². The van der Waals surface area contributed by atoms with Gasteiger partial charge in [-0.1, -0.05) is 39.0 Å². The summed E-state index contributed by atoms with van der Waals surface area (Å²) in [4.78, 5) is 0. The van der Waals surface area contributed by atoms with Crippen LogP contribution in [-0.4, -0.2) is 6.54 Å². The minimum atomic E-state index is 0. The number of rotatable bonds is 6. The fourth-order valence-electron chi connectivity index (χ4n) is 0.925. The summed E-state index contributed by atoms with van der Waals surface area (Å²) in [5, 5.41) is 0. The normalized spacial score (nSPS) is 7.50. The van der Waals surface area contributed by atoms with Crippen LogP contribution in [0.2, 0.25) is 0 Å². The third kappa shape index (κ3) is 22.4. The van der Waals surface area contributed by atoms with Crippen molar-refractivity contribution in [2.75, 3.05) is 6.54 Å². The maximum absolute atomic E-state index is 5.34. The van der Waals surface area contributed by atoms with E-state index in [2.05, 4.69) is 6.92 Å². The summed E-state index contributed by atoms with van der Waals surface area (Å²) in [6, 6.07) is 0. The molecule has 4 heteroatoms. The topological polar surface area (TPSA) is 26.0 Å². The molecule has 12 heavy (non-hydrogen) atoms. The van der Waals surface area contributed by atoms with E-state index in [9.17, 15) is 0 Å². The minimum Gasteiger partial charge on any atom is -0.330 e. The van der Waals surface area contributed by atoms with Crippen LogP contribution in [0.3, 0.4) is 0 Å². The lowest BCUT2D eigenvalue weighted by atomic mass is 10.1. The van der Waals surface area contributed by atoms with Gasteiger partial charge in [0.1, 0.15) is 0 Å². The zero-order valence-corrected chi connectivity index (χ0v) is 10.2. The third-order valence-corrected chi connectivity index (χ3v) is 1.56. The zero-order valence-electron chi connectivity index (χ0n) is 7.75. The molecule has 0 saturated heterocycles. The lowest BCUT2D eigenvalue weighted by Crippen LogP contribution is -1.97. The van der Waals surface area contributed by atoms with Crippen LogP contribution in [0, 0.1) is 0 Å². The molecule has 0 saturated carbocycles. The van der Waals surface area contributed by atoms with Crippen LogP contribution in [0.25, 0.3) is 0 Å². The first-order valence-electron chi connectivity index (χ1n) is 4.12. The van der Waals surface area contributed by atoms with Gasteiger partial charge >= 0.3 is 0 Å². The second-order valence-electron chi connectivity index (χ2n) is 2.56. The fraction of sp³-hybridized carbons (Fsp3) is 1.00. The molecule has 0 aromatic heterocycles. The second kappa shape index (κ2) is 22.6. The smallest absolute Gasteiger partial charge is 0.00773 e. The summed E-state index contributed by atoms with van der Waals surface area (Å²) in [6.07, 6.45) is 8.05. The molecule has 0 radical (unpaired) electrons. The largest absolute Gasteiger partial charge is 0.330 e. The van der Waals surface area contributed by atoms with Crippen LogP contribution in [-0.2, 0) is 0 Å². The molecule has 0 bridgehead atoms. The molecule has 0 aliphatic carbocycles. The number of halogens is 3. The molecule has 0 aliphatic heterocycles.